The molecule has 1 aromatic carbocycles. The van der Waals surface area contributed by atoms with Crippen LogP contribution >= 0.6 is 11.3 Å². The molecule has 1 saturated heterocycles. The number of ether oxygens (including phenoxy) is 1. The molecule has 3 aliphatic rings. The summed E-state index contributed by atoms with van der Waals surface area (Å²) >= 11 is 1.48. The molecule has 1 fully saturated rings. The summed E-state index contributed by atoms with van der Waals surface area (Å²) in [5, 5.41) is 23.7. The Bertz CT molecular complexity index is 1260. The Balaban J connectivity index is 1.47. The van der Waals surface area contributed by atoms with E-state index in [9.17, 15) is 14.0 Å². The first-order valence-electron chi connectivity index (χ1n) is 13.1. The van der Waals surface area contributed by atoms with Gasteiger partial charge in [-0.1, -0.05) is 6.07 Å². The molecule has 10 heteroatoms. The Hall–Kier alpha value is -2.37. The van der Waals surface area contributed by atoms with Crippen molar-refractivity contribution in [3.05, 3.63) is 57.2 Å². The third kappa shape index (κ3) is 4.59. The fourth-order valence-corrected chi connectivity index (χ4v) is 6.93. The predicted octanol–water partition coefficient (Wildman–Crippen LogP) is 5.53. The van der Waals surface area contributed by atoms with E-state index in [-0.39, 0.29) is 16.3 Å². The average molecular weight is 530 g/mol. The maximum atomic E-state index is 14.3. The van der Waals surface area contributed by atoms with E-state index in [1.165, 1.54) is 11.3 Å². The highest BCUT2D eigenvalue weighted by Gasteiger charge is 2.36. The lowest BCUT2D eigenvalue weighted by Gasteiger charge is -2.45. The predicted molar refractivity (Wildman–Crippen MR) is 141 cm³/mol. The van der Waals surface area contributed by atoms with Crippen molar-refractivity contribution in [3.63, 3.8) is 0 Å². The number of fused-ring (bicyclic) bond motifs is 2. The molecule has 7 nitrogen and oxygen atoms in total. The summed E-state index contributed by atoms with van der Waals surface area (Å²) in [7, 11) is 1.80. The van der Waals surface area contributed by atoms with Gasteiger partial charge in [-0.25, -0.2) is 8.78 Å². The van der Waals surface area contributed by atoms with E-state index in [1.54, 1.807) is 13.1 Å². The van der Waals surface area contributed by atoms with E-state index in [0.717, 1.165) is 58.9 Å². The maximum Gasteiger partial charge on any atom is 0.264 e. The molecule has 3 aromatic rings. The number of halogens is 2. The molecule has 1 N–H and O–H groups in total. The van der Waals surface area contributed by atoms with E-state index in [4.69, 9.17) is 9.84 Å². The van der Waals surface area contributed by atoms with Crippen LogP contribution in [0.3, 0.4) is 0 Å². The number of hydroxylamine groups is 3. The number of thiophene rings is 1. The summed E-state index contributed by atoms with van der Waals surface area (Å²) in [6.45, 7) is 3.25. The van der Waals surface area contributed by atoms with Gasteiger partial charge < -0.3 is 19.5 Å². The molecule has 198 valence electrons. The minimum atomic E-state index is -2.58. The van der Waals surface area contributed by atoms with Crippen molar-refractivity contribution in [2.24, 2.45) is 0 Å². The van der Waals surface area contributed by atoms with Crippen LogP contribution in [0.5, 0.6) is 0 Å². The van der Waals surface area contributed by atoms with Crippen molar-refractivity contribution >= 4 is 22.8 Å². The standard InChI is InChI=1S/C27H33F2N5O2S/c1-30-17-34(35)10-6-23-22(16-34)27(31-33(23)19-7-11-36-12-8-19)32-9-2-4-18-14-20(25-5-3-13-37-25)21(26(28)29)15-24(18)32/h3,5,13-15,19,26,30H,2,4,6-12,16-17H2,1H3. The van der Waals surface area contributed by atoms with Crippen molar-refractivity contribution in [1.82, 2.24) is 15.1 Å². The number of rotatable bonds is 6. The molecule has 0 bridgehead atoms. The highest BCUT2D eigenvalue weighted by molar-refractivity contribution is 7.13. The van der Waals surface area contributed by atoms with E-state index in [2.05, 4.69) is 14.9 Å². The molecule has 0 saturated carbocycles. The first kappa shape index (κ1) is 24.9. The molecular weight excluding hydrogens is 496 g/mol. The van der Waals surface area contributed by atoms with Gasteiger partial charge in [-0.05, 0) is 61.9 Å². The van der Waals surface area contributed by atoms with Gasteiger partial charge in [-0.3, -0.25) is 10.00 Å². The van der Waals surface area contributed by atoms with Crippen LogP contribution in [0.1, 0.15) is 54.1 Å². The molecule has 6 rings (SSSR count). The Labute approximate surface area is 219 Å². The number of nitrogens with zero attached hydrogens (tertiary/aromatic N) is 4. The smallest absolute Gasteiger partial charge is 0.264 e. The molecule has 1 atom stereocenters. The van der Waals surface area contributed by atoms with Crippen LogP contribution in [0.2, 0.25) is 0 Å². The number of quaternary nitrogens is 1. The highest BCUT2D eigenvalue weighted by Crippen LogP contribution is 2.44. The van der Waals surface area contributed by atoms with Gasteiger partial charge in [-0.2, -0.15) is 5.10 Å². The highest BCUT2D eigenvalue weighted by atomic mass is 32.1. The summed E-state index contributed by atoms with van der Waals surface area (Å²) in [4.78, 5) is 2.96. The minimum absolute atomic E-state index is 0.0509. The Morgan fingerprint density at radius 1 is 1.27 bits per heavy atom. The molecule has 0 radical (unpaired) electrons. The van der Waals surface area contributed by atoms with Gasteiger partial charge >= 0.3 is 0 Å². The molecule has 2 aromatic heterocycles. The Morgan fingerprint density at radius 2 is 2.11 bits per heavy atom. The van der Waals surface area contributed by atoms with Gasteiger partial charge in [0.05, 0.1) is 23.8 Å². The van der Waals surface area contributed by atoms with Gasteiger partial charge in [0.1, 0.15) is 13.2 Å². The lowest BCUT2D eigenvalue weighted by Crippen LogP contribution is -2.50. The fraction of sp³-hybridized carbons (Fsp3) is 0.519. The number of hydrogen-bond donors (Lipinski definition) is 1. The maximum absolute atomic E-state index is 14.3. The molecule has 0 amide bonds. The van der Waals surface area contributed by atoms with Crippen molar-refractivity contribution < 1.29 is 18.2 Å². The van der Waals surface area contributed by atoms with E-state index in [1.807, 2.05) is 23.6 Å². The summed E-state index contributed by atoms with van der Waals surface area (Å²) < 4.78 is 36.0. The van der Waals surface area contributed by atoms with Crippen LogP contribution < -0.4 is 10.2 Å². The summed E-state index contributed by atoms with van der Waals surface area (Å²) in [6, 6.07) is 7.65. The molecule has 0 aliphatic carbocycles. The van der Waals surface area contributed by atoms with Crippen LogP contribution in [0.25, 0.3) is 10.4 Å². The zero-order valence-corrected chi connectivity index (χ0v) is 21.9. The fourth-order valence-electron chi connectivity index (χ4n) is 6.16. The number of aromatic nitrogens is 2. The third-order valence-corrected chi connectivity index (χ3v) is 8.83. The molecule has 5 heterocycles. The first-order valence-corrected chi connectivity index (χ1v) is 14.0. The minimum Gasteiger partial charge on any atom is -0.632 e. The Morgan fingerprint density at radius 3 is 2.84 bits per heavy atom. The van der Waals surface area contributed by atoms with E-state index in [0.29, 0.717) is 51.5 Å². The van der Waals surface area contributed by atoms with Gasteiger partial charge in [0, 0.05) is 47.9 Å². The molecular formula is C27H33F2N5O2S. The number of hydrogen-bond acceptors (Lipinski definition) is 6. The van der Waals surface area contributed by atoms with Crippen LogP contribution in [0, 0.1) is 5.21 Å². The second-order valence-corrected chi connectivity index (χ2v) is 11.3. The second kappa shape index (κ2) is 10.1. The molecule has 37 heavy (non-hydrogen) atoms. The zero-order chi connectivity index (χ0) is 25.6. The summed E-state index contributed by atoms with van der Waals surface area (Å²) in [6.07, 6.45) is 1.58. The van der Waals surface area contributed by atoms with Gasteiger partial charge in [0.2, 0.25) is 0 Å². The molecule has 0 spiro atoms. The normalized spacial score (nSPS) is 22.4. The number of alkyl halides is 2. The average Bonchev–Trinajstić information content (AvgIpc) is 3.56. The topological polar surface area (TPSA) is 65.4 Å². The second-order valence-electron chi connectivity index (χ2n) is 10.3. The van der Waals surface area contributed by atoms with Crippen molar-refractivity contribution in [1.29, 1.82) is 0 Å². The van der Waals surface area contributed by atoms with Crippen molar-refractivity contribution in [2.45, 2.75) is 51.1 Å². The number of benzene rings is 1. The quantitative estimate of drug-likeness (QED) is 0.336. The van der Waals surface area contributed by atoms with Crippen LogP contribution in [-0.2, 0) is 24.1 Å². The lowest BCUT2D eigenvalue weighted by molar-refractivity contribution is -0.898. The van der Waals surface area contributed by atoms with Crippen molar-refractivity contribution in [2.75, 3.05) is 44.9 Å². The number of aryl methyl sites for hydroxylation is 1. The molecule has 3 aliphatic heterocycles. The number of nitrogens with one attached hydrogen (secondary N) is 1. The van der Waals surface area contributed by atoms with Gasteiger partial charge in [0.15, 0.2) is 5.82 Å². The summed E-state index contributed by atoms with van der Waals surface area (Å²) in [5.74, 6) is 0.765. The van der Waals surface area contributed by atoms with E-state index >= 15 is 0 Å². The van der Waals surface area contributed by atoms with Crippen LogP contribution in [-0.4, -0.2) is 54.4 Å². The van der Waals surface area contributed by atoms with Gasteiger partial charge in [0.25, 0.3) is 6.43 Å². The Kier molecular flexibility index (Phi) is 6.79. The summed E-state index contributed by atoms with van der Waals surface area (Å²) in [5.41, 5.74) is 4.61. The monoisotopic (exact) mass is 529 g/mol. The molecule has 1 unspecified atom stereocenters. The first-order chi connectivity index (χ1) is 18.0. The number of anilines is 2. The lowest BCUT2D eigenvalue weighted by atomic mass is 9.94. The zero-order valence-electron chi connectivity index (χ0n) is 21.1. The van der Waals surface area contributed by atoms with Crippen LogP contribution in [0.4, 0.5) is 20.3 Å². The largest absolute Gasteiger partial charge is 0.632 e. The van der Waals surface area contributed by atoms with Crippen molar-refractivity contribution in [3.8, 4) is 10.4 Å². The SMILES string of the molecule is CNC[N+]1([O-])CCc2c(c(N3CCCc4cc(-c5cccs5)c(C(F)F)cc43)nn2C2CCOCC2)C1. The van der Waals surface area contributed by atoms with Gasteiger partial charge in [-0.15, -0.1) is 11.3 Å². The van der Waals surface area contributed by atoms with Crippen LogP contribution in [0.15, 0.2) is 29.6 Å². The third-order valence-electron chi connectivity index (χ3n) is 7.93. The van der Waals surface area contributed by atoms with E-state index < -0.39 is 6.43 Å².